The molecule has 1 aliphatic rings. The number of carbonyl (C=O) groups excluding carboxylic acids is 2. The molecule has 0 unspecified atom stereocenters. The fourth-order valence-electron chi connectivity index (χ4n) is 2.29. The van der Waals surface area contributed by atoms with Gasteiger partial charge in [-0.3, -0.25) is 9.59 Å². The Morgan fingerprint density at radius 1 is 1.33 bits per heavy atom. The van der Waals surface area contributed by atoms with E-state index in [2.05, 4.69) is 0 Å². The summed E-state index contributed by atoms with van der Waals surface area (Å²) in [7, 11) is 1.45. The minimum Gasteiger partial charge on any atom is -0.496 e. The zero-order valence-electron chi connectivity index (χ0n) is 10.2. The number of rotatable bonds is 3. The topological polar surface area (TPSA) is 43.4 Å². The summed E-state index contributed by atoms with van der Waals surface area (Å²) < 4.78 is 18.3. The maximum Gasteiger partial charge on any atom is 0.169 e. The molecule has 3 nitrogen and oxygen atoms in total. The molecule has 2 rings (SSSR count). The Kier molecular flexibility index (Phi) is 3.75. The molecule has 0 aromatic heterocycles. The van der Waals surface area contributed by atoms with Crippen molar-refractivity contribution >= 4 is 11.6 Å². The third kappa shape index (κ3) is 2.58. The van der Waals surface area contributed by atoms with Crippen molar-refractivity contribution in [2.24, 2.45) is 5.92 Å². The SMILES string of the molecule is COc1ccc(F)cc1C(=O)C1CCC(=O)CC1. The molecule has 0 N–H and O–H groups in total. The molecule has 1 fully saturated rings. The quantitative estimate of drug-likeness (QED) is 0.775. The molecule has 1 aliphatic carbocycles. The molecule has 18 heavy (non-hydrogen) atoms. The van der Waals surface area contributed by atoms with Gasteiger partial charge in [0.1, 0.15) is 17.3 Å². The summed E-state index contributed by atoms with van der Waals surface area (Å²) in [6.45, 7) is 0. The van der Waals surface area contributed by atoms with Crippen molar-refractivity contribution < 1.29 is 18.7 Å². The molecular formula is C14H15FO3. The number of ketones is 2. The standard InChI is InChI=1S/C14H15FO3/c1-18-13-7-4-10(15)8-12(13)14(17)9-2-5-11(16)6-3-9/h4,7-9H,2-3,5-6H2,1H3. The number of hydrogen-bond acceptors (Lipinski definition) is 3. The van der Waals surface area contributed by atoms with Gasteiger partial charge in [0.05, 0.1) is 12.7 Å². The first-order valence-corrected chi connectivity index (χ1v) is 6.01. The molecule has 0 heterocycles. The number of halogens is 1. The van der Waals surface area contributed by atoms with E-state index in [0.717, 1.165) is 0 Å². The normalized spacial score (nSPS) is 16.7. The molecule has 0 aliphatic heterocycles. The third-order valence-corrected chi connectivity index (χ3v) is 3.34. The van der Waals surface area contributed by atoms with Gasteiger partial charge < -0.3 is 4.74 Å². The second-order valence-electron chi connectivity index (χ2n) is 4.52. The van der Waals surface area contributed by atoms with Gasteiger partial charge in [-0.15, -0.1) is 0 Å². The summed E-state index contributed by atoms with van der Waals surface area (Å²) in [5, 5.41) is 0. The Morgan fingerprint density at radius 3 is 2.61 bits per heavy atom. The Morgan fingerprint density at radius 2 is 2.00 bits per heavy atom. The molecule has 0 saturated heterocycles. The molecule has 1 aromatic rings. The van der Waals surface area contributed by atoms with Crippen molar-refractivity contribution in [1.82, 2.24) is 0 Å². The largest absolute Gasteiger partial charge is 0.496 e. The molecule has 96 valence electrons. The summed E-state index contributed by atoms with van der Waals surface area (Å²) in [5.41, 5.74) is 0.275. The average molecular weight is 250 g/mol. The van der Waals surface area contributed by atoms with Crippen LogP contribution in [0.3, 0.4) is 0 Å². The van der Waals surface area contributed by atoms with Gasteiger partial charge in [-0.1, -0.05) is 0 Å². The maximum absolute atomic E-state index is 13.2. The Hall–Kier alpha value is -1.71. The van der Waals surface area contributed by atoms with Crippen LogP contribution in [0, 0.1) is 11.7 Å². The first-order chi connectivity index (χ1) is 8.61. The summed E-state index contributed by atoms with van der Waals surface area (Å²) in [5.74, 6) is -0.188. The van der Waals surface area contributed by atoms with Crippen molar-refractivity contribution in [1.29, 1.82) is 0 Å². The molecule has 0 atom stereocenters. The van der Waals surface area contributed by atoms with Crippen LogP contribution in [-0.4, -0.2) is 18.7 Å². The highest BCUT2D eigenvalue weighted by Gasteiger charge is 2.27. The van der Waals surface area contributed by atoms with E-state index >= 15 is 0 Å². The Balaban J connectivity index is 2.22. The fourth-order valence-corrected chi connectivity index (χ4v) is 2.29. The Labute approximate surface area is 105 Å². The lowest BCUT2D eigenvalue weighted by Gasteiger charge is -2.20. The van der Waals surface area contributed by atoms with E-state index in [1.54, 1.807) is 0 Å². The van der Waals surface area contributed by atoms with E-state index < -0.39 is 5.82 Å². The first-order valence-electron chi connectivity index (χ1n) is 6.01. The van der Waals surface area contributed by atoms with Gasteiger partial charge in [0, 0.05) is 18.8 Å². The van der Waals surface area contributed by atoms with Crippen molar-refractivity contribution in [2.45, 2.75) is 25.7 Å². The van der Waals surface area contributed by atoms with E-state index in [-0.39, 0.29) is 23.0 Å². The van der Waals surface area contributed by atoms with Crippen molar-refractivity contribution in [3.63, 3.8) is 0 Å². The lowest BCUT2D eigenvalue weighted by molar-refractivity contribution is -0.120. The zero-order valence-corrected chi connectivity index (χ0v) is 10.2. The monoisotopic (exact) mass is 250 g/mol. The summed E-state index contributed by atoms with van der Waals surface area (Å²) in [4.78, 5) is 23.4. The van der Waals surface area contributed by atoms with Crippen LogP contribution < -0.4 is 4.74 Å². The van der Waals surface area contributed by atoms with Gasteiger partial charge in [0.15, 0.2) is 5.78 Å². The van der Waals surface area contributed by atoms with Crippen LogP contribution in [0.2, 0.25) is 0 Å². The van der Waals surface area contributed by atoms with E-state index in [4.69, 9.17) is 4.74 Å². The number of methoxy groups -OCH3 is 1. The van der Waals surface area contributed by atoms with Crippen molar-refractivity contribution in [2.75, 3.05) is 7.11 Å². The molecular weight excluding hydrogens is 235 g/mol. The van der Waals surface area contributed by atoms with Gasteiger partial charge in [-0.2, -0.15) is 0 Å². The average Bonchev–Trinajstić information content (AvgIpc) is 2.39. The Bertz CT molecular complexity index is 472. The van der Waals surface area contributed by atoms with Crippen molar-refractivity contribution in [3.8, 4) is 5.75 Å². The molecule has 0 bridgehead atoms. The number of ether oxygens (including phenoxy) is 1. The number of carbonyl (C=O) groups is 2. The van der Waals surface area contributed by atoms with E-state index in [1.165, 1.54) is 25.3 Å². The minimum absolute atomic E-state index is 0.126. The predicted molar refractivity (Wildman–Crippen MR) is 64.2 cm³/mol. The van der Waals surface area contributed by atoms with Crippen LogP contribution in [0.5, 0.6) is 5.75 Å². The lowest BCUT2D eigenvalue weighted by atomic mass is 9.83. The number of Topliss-reactive ketones (excluding diaryl/α,β-unsaturated/α-hetero) is 2. The highest BCUT2D eigenvalue weighted by molar-refractivity contribution is 6.01. The second kappa shape index (κ2) is 5.29. The van der Waals surface area contributed by atoms with Crippen LogP contribution in [0.25, 0.3) is 0 Å². The zero-order chi connectivity index (χ0) is 13.1. The van der Waals surface area contributed by atoms with Gasteiger partial charge in [0.2, 0.25) is 0 Å². The molecule has 0 radical (unpaired) electrons. The van der Waals surface area contributed by atoms with Gasteiger partial charge >= 0.3 is 0 Å². The molecule has 1 saturated carbocycles. The van der Waals surface area contributed by atoms with Gasteiger partial charge in [-0.05, 0) is 31.0 Å². The number of benzene rings is 1. The fraction of sp³-hybridized carbons (Fsp3) is 0.429. The second-order valence-corrected chi connectivity index (χ2v) is 4.52. The maximum atomic E-state index is 13.2. The van der Waals surface area contributed by atoms with Crippen molar-refractivity contribution in [3.05, 3.63) is 29.6 Å². The first kappa shape index (κ1) is 12.7. The summed E-state index contributed by atoms with van der Waals surface area (Å²) in [6.07, 6.45) is 1.98. The third-order valence-electron chi connectivity index (χ3n) is 3.34. The lowest BCUT2D eigenvalue weighted by Crippen LogP contribution is -2.22. The van der Waals surface area contributed by atoms with Gasteiger partial charge in [-0.25, -0.2) is 4.39 Å². The number of hydrogen-bond donors (Lipinski definition) is 0. The summed E-state index contributed by atoms with van der Waals surface area (Å²) >= 11 is 0. The highest BCUT2D eigenvalue weighted by Crippen LogP contribution is 2.29. The van der Waals surface area contributed by atoms with E-state index in [9.17, 15) is 14.0 Å². The van der Waals surface area contributed by atoms with Crippen LogP contribution in [-0.2, 0) is 4.79 Å². The predicted octanol–water partition coefficient (Wildman–Crippen LogP) is 2.78. The summed E-state index contributed by atoms with van der Waals surface area (Å²) in [6, 6.07) is 3.92. The smallest absolute Gasteiger partial charge is 0.169 e. The highest BCUT2D eigenvalue weighted by atomic mass is 19.1. The molecule has 1 aromatic carbocycles. The minimum atomic E-state index is -0.453. The van der Waals surface area contributed by atoms with E-state index in [1.807, 2.05) is 0 Å². The van der Waals surface area contributed by atoms with Crippen LogP contribution in [0.4, 0.5) is 4.39 Å². The molecule has 0 spiro atoms. The van der Waals surface area contributed by atoms with Crippen LogP contribution in [0.1, 0.15) is 36.0 Å². The van der Waals surface area contributed by atoms with Crippen LogP contribution >= 0.6 is 0 Å². The molecule has 0 amide bonds. The molecule has 4 heteroatoms. The van der Waals surface area contributed by atoms with Gasteiger partial charge in [0.25, 0.3) is 0 Å². The van der Waals surface area contributed by atoms with Crippen LogP contribution in [0.15, 0.2) is 18.2 Å². The van der Waals surface area contributed by atoms with E-state index in [0.29, 0.717) is 31.4 Å².